The third-order valence-corrected chi connectivity index (χ3v) is 4.98. The van der Waals surface area contributed by atoms with Gasteiger partial charge in [0.2, 0.25) is 5.89 Å². The van der Waals surface area contributed by atoms with Gasteiger partial charge in [-0.1, -0.05) is 12.1 Å². The second kappa shape index (κ2) is 6.69. The molecule has 0 aliphatic carbocycles. The minimum absolute atomic E-state index is 0.566. The van der Waals surface area contributed by atoms with E-state index in [0.717, 1.165) is 53.7 Å². The number of fused-ring (bicyclic) bond motifs is 1. The predicted molar refractivity (Wildman–Crippen MR) is 94.0 cm³/mol. The summed E-state index contributed by atoms with van der Waals surface area (Å²) < 4.78 is 17.3. The number of hydrogen-bond donors (Lipinski definition) is 0. The zero-order valence-corrected chi connectivity index (χ0v) is 14.4. The van der Waals surface area contributed by atoms with E-state index in [1.54, 1.807) is 11.3 Å². The van der Waals surface area contributed by atoms with Crippen molar-refractivity contribution in [3.63, 3.8) is 0 Å². The Morgan fingerprint density at radius 2 is 2.25 bits per heavy atom. The number of hydrogen-bond acceptors (Lipinski definition) is 5. The molecule has 4 rings (SSSR count). The second-order valence-electron chi connectivity index (χ2n) is 5.82. The number of thiophene rings is 1. The van der Waals surface area contributed by atoms with Crippen molar-refractivity contribution in [2.75, 3.05) is 13.2 Å². The first kappa shape index (κ1) is 15.3. The quantitative estimate of drug-likeness (QED) is 0.677. The van der Waals surface area contributed by atoms with Crippen molar-refractivity contribution in [1.82, 2.24) is 4.98 Å². The third-order valence-electron chi connectivity index (χ3n) is 4.12. The van der Waals surface area contributed by atoms with Gasteiger partial charge in [0.25, 0.3) is 0 Å². The number of rotatable bonds is 5. The molecular weight excluding hydrogens is 322 g/mol. The molecule has 5 heteroatoms. The zero-order chi connectivity index (χ0) is 16.4. The Morgan fingerprint density at radius 1 is 1.29 bits per heavy atom. The molecule has 124 valence electrons. The van der Waals surface area contributed by atoms with E-state index in [1.807, 2.05) is 36.6 Å². The molecule has 0 saturated carbocycles. The monoisotopic (exact) mass is 341 g/mol. The summed E-state index contributed by atoms with van der Waals surface area (Å²) in [5.74, 6) is 3.35. The summed E-state index contributed by atoms with van der Waals surface area (Å²) in [4.78, 5) is 5.65. The van der Waals surface area contributed by atoms with Crippen LogP contribution in [0.5, 0.6) is 11.5 Å². The highest BCUT2D eigenvalue weighted by molar-refractivity contribution is 7.13. The van der Waals surface area contributed by atoms with Gasteiger partial charge in [-0.25, -0.2) is 4.98 Å². The normalized spacial score (nSPS) is 13.4. The first-order chi connectivity index (χ1) is 11.8. The number of nitrogens with zero attached hydrogens (tertiary/aromatic N) is 1. The topological polar surface area (TPSA) is 44.5 Å². The van der Waals surface area contributed by atoms with Crippen molar-refractivity contribution < 1.29 is 13.9 Å². The highest BCUT2D eigenvalue weighted by Crippen LogP contribution is 2.29. The highest BCUT2D eigenvalue weighted by Gasteiger charge is 2.13. The molecule has 0 N–H and O–H groups in total. The lowest BCUT2D eigenvalue weighted by atomic mass is 10.1. The van der Waals surface area contributed by atoms with Crippen LogP contribution < -0.4 is 9.47 Å². The van der Waals surface area contributed by atoms with Gasteiger partial charge in [-0.05, 0) is 42.8 Å². The highest BCUT2D eigenvalue weighted by atomic mass is 32.1. The summed E-state index contributed by atoms with van der Waals surface area (Å²) in [5, 5.41) is 2.02. The fourth-order valence-electron chi connectivity index (χ4n) is 2.84. The van der Waals surface area contributed by atoms with E-state index in [1.165, 1.54) is 5.56 Å². The average molecular weight is 341 g/mol. The van der Waals surface area contributed by atoms with E-state index in [9.17, 15) is 0 Å². The Hall–Kier alpha value is -2.27. The third kappa shape index (κ3) is 3.17. The fourth-order valence-corrected chi connectivity index (χ4v) is 3.49. The molecule has 0 atom stereocenters. The minimum Gasteiger partial charge on any atom is -0.493 e. The Balaban J connectivity index is 1.39. The molecule has 0 amide bonds. The van der Waals surface area contributed by atoms with Gasteiger partial charge in [0.1, 0.15) is 17.3 Å². The van der Waals surface area contributed by atoms with E-state index >= 15 is 0 Å². The summed E-state index contributed by atoms with van der Waals surface area (Å²) in [6.07, 6.45) is 2.89. The van der Waals surface area contributed by atoms with Crippen LogP contribution in [0.3, 0.4) is 0 Å². The zero-order valence-electron chi connectivity index (χ0n) is 13.6. The van der Waals surface area contributed by atoms with Crippen molar-refractivity contribution in [3.05, 3.63) is 52.7 Å². The Kier molecular flexibility index (Phi) is 4.26. The molecule has 24 heavy (non-hydrogen) atoms. The maximum atomic E-state index is 5.87. The van der Waals surface area contributed by atoms with E-state index in [-0.39, 0.29) is 0 Å². The van der Waals surface area contributed by atoms with Crippen molar-refractivity contribution in [2.45, 2.75) is 26.2 Å². The van der Waals surface area contributed by atoms with Gasteiger partial charge in [0, 0.05) is 12.5 Å². The lowest BCUT2D eigenvalue weighted by Gasteiger charge is -2.18. The van der Waals surface area contributed by atoms with Crippen LogP contribution in [0.1, 0.15) is 23.4 Å². The molecule has 0 saturated heterocycles. The second-order valence-corrected chi connectivity index (χ2v) is 6.77. The van der Waals surface area contributed by atoms with Crippen molar-refractivity contribution in [2.24, 2.45) is 0 Å². The molecule has 3 aromatic rings. The first-order valence-corrected chi connectivity index (χ1v) is 9.06. The van der Waals surface area contributed by atoms with E-state index < -0.39 is 0 Å². The molecule has 0 unspecified atom stereocenters. The van der Waals surface area contributed by atoms with Crippen LogP contribution in [0.15, 0.2) is 40.1 Å². The van der Waals surface area contributed by atoms with Crippen LogP contribution >= 0.6 is 11.3 Å². The molecule has 0 fully saturated rings. The first-order valence-electron chi connectivity index (χ1n) is 8.18. The van der Waals surface area contributed by atoms with Gasteiger partial charge in [-0.3, -0.25) is 0 Å². The van der Waals surface area contributed by atoms with Crippen LogP contribution in [-0.4, -0.2) is 18.2 Å². The van der Waals surface area contributed by atoms with Gasteiger partial charge in [-0.2, -0.15) is 0 Å². The van der Waals surface area contributed by atoms with Gasteiger partial charge >= 0.3 is 0 Å². The molecule has 1 aliphatic rings. The summed E-state index contributed by atoms with van der Waals surface area (Å²) in [7, 11) is 0. The van der Waals surface area contributed by atoms with E-state index in [4.69, 9.17) is 13.9 Å². The lowest BCUT2D eigenvalue weighted by Crippen LogP contribution is -2.09. The van der Waals surface area contributed by atoms with Gasteiger partial charge < -0.3 is 13.9 Å². The SMILES string of the molecule is Cc1oc(-c2cccs2)nc1CCOc1ccc2c(c1)OCCC2. The minimum atomic E-state index is 0.566. The Bertz CT molecular complexity index is 823. The van der Waals surface area contributed by atoms with Crippen molar-refractivity contribution in [1.29, 1.82) is 0 Å². The van der Waals surface area contributed by atoms with Gasteiger partial charge in [0.15, 0.2) is 0 Å². The molecule has 1 aliphatic heterocycles. The van der Waals surface area contributed by atoms with Gasteiger partial charge in [0.05, 0.1) is 23.8 Å². The molecule has 4 nitrogen and oxygen atoms in total. The standard InChI is InChI=1S/C19H19NO3S/c1-13-16(20-19(23-13)18-5-3-11-24-18)8-10-21-15-7-6-14-4-2-9-22-17(14)12-15/h3,5-7,11-12H,2,4,8-10H2,1H3. The van der Waals surface area contributed by atoms with Crippen LogP contribution in [0.25, 0.3) is 10.8 Å². The van der Waals surface area contributed by atoms with Crippen LogP contribution in [0, 0.1) is 6.92 Å². The largest absolute Gasteiger partial charge is 0.493 e. The molecule has 1 aromatic carbocycles. The van der Waals surface area contributed by atoms with Crippen molar-refractivity contribution in [3.8, 4) is 22.3 Å². The number of ether oxygens (including phenoxy) is 2. The van der Waals surface area contributed by atoms with E-state index in [2.05, 4.69) is 11.1 Å². The smallest absolute Gasteiger partial charge is 0.236 e. The van der Waals surface area contributed by atoms with Crippen LogP contribution in [0.4, 0.5) is 0 Å². The maximum absolute atomic E-state index is 5.87. The summed E-state index contributed by atoms with van der Waals surface area (Å²) in [5.41, 5.74) is 2.22. The van der Waals surface area contributed by atoms with E-state index in [0.29, 0.717) is 12.5 Å². The van der Waals surface area contributed by atoms with Gasteiger partial charge in [-0.15, -0.1) is 11.3 Å². The average Bonchev–Trinajstić information content (AvgIpc) is 3.25. The number of aromatic nitrogens is 1. The van der Waals surface area contributed by atoms with Crippen LogP contribution in [-0.2, 0) is 12.8 Å². The summed E-state index contributed by atoms with van der Waals surface area (Å²) >= 11 is 1.63. The number of benzene rings is 1. The number of aryl methyl sites for hydroxylation is 2. The Labute approximate surface area is 145 Å². The Morgan fingerprint density at radius 3 is 3.12 bits per heavy atom. The lowest BCUT2D eigenvalue weighted by molar-refractivity contribution is 0.281. The molecular formula is C19H19NO3S. The summed E-state index contributed by atoms with van der Waals surface area (Å²) in [6.45, 7) is 3.31. The fraction of sp³-hybridized carbons (Fsp3) is 0.316. The maximum Gasteiger partial charge on any atom is 0.236 e. The summed E-state index contributed by atoms with van der Waals surface area (Å²) in [6, 6.07) is 10.1. The van der Waals surface area contributed by atoms with Crippen molar-refractivity contribution >= 4 is 11.3 Å². The molecule has 2 aromatic heterocycles. The molecule has 0 bridgehead atoms. The van der Waals surface area contributed by atoms with Crippen LogP contribution in [0.2, 0.25) is 0 Å². The predicted octanol–water partition coefficient (Wildman–Crippen LogP) is 4.66. The molecule has 0 spiro atoms. The molecule has 3 heterocycles. The molecule has 0 radical (unpaired) electrons. The number of oxazole rings is 1.